The van der Waals surface area contributed by atoms with Gasteiger partial charge in [0.05, 0.1) is 11.6 Å². The Morgan fingerprint density at radius 2 is 1.95 bits per heavy atom. The number of fused-ring (bicyclic) bond motifs is 1. The monoisotopic (exact) mass is 285 g/mol. The van der Waals surface area contributed by atoms with Crippen molar-refractivity contribution in [2.24, 2.45) is 18.2 Å². The highest BCUT2D eigenvalue weighted by molar-refractivity contribution is 5.91. The highest BCUT2D eigenvalue weighted by atomic mass is 16.5. The zero-order valence-electron chi connectivity index (χ0n) is 12.7. The topological polar surface area (TPSA) is 82.8 Å². The number of nitrogens with two attached hydrogens (primary N) is 1. The first-order valence-corrected chi connectivity index (χ1v) is 6.89. The summed E-state index contributed by atoms with van der Waals surface area (Å²) in [4.78, 5) is 4.43. The number of para-hydroxylation sites is 1. The molecule has 0 aliphatic heterocycles. The Labute approximate surface area is 122 Å². The molecule has 2 heterocycles. The van der Waals surface area contributed by atoms with Gasteiger partial charge in [-0.05, 0) is 11.5 Å². The molecule has 2 N–H and O–H groups in total. The molecular weight excluding hydrogens is 266 g/mol. The molecule has 0 saturated heterocycles. The lowest BCUT2D eigenvalue weighted by atomic mass is 9.87. The van der Waals surface area contributed by atoms with Gasteiger partial charge in [0.25, 0.3) is 5.89 Å². The largest absolute Gasteiger partial charge is 0.332 e. The maximum absolute atomic E-state index is 6.17. The molecule has 1 aromatic carbocycles. The molecule has 0 bridgehead atoms. The van der Waals surface area contributed by atoms with Crippen molar-refractivity contribution in [1.82, 2.24) is 19.9 Å². The van der Waals surface area contributed by atoms with Crippen LogP contribution in [0.3, 0.4) is 0 Å². The third-order valence-electron chi connectivity index (χ3n) is 3.61. The molecule has 0 fully saturated rings. The van der Waals surface area contributed by atoms with Gasteiger partial charge in [0.2, 0.25) is 0 Å². The maximum Gasteiger partial charge on any atom is 0.279 e. The second kappa shape index (κ2) is 4.66. The highest BCUT2D eigenvalue weighted by Crippen LogP contribution is 2.31. The second-order valence-electron chi connectivity index (χ2n) is 6.29. The molecule has 0 saturated carbocycles. The molecule has 1 atom stereocenters. The van der Waals surface area contributed by atoms with Crippen molar-refractivity contribution in [1.29, 1.82) is 0 Å². The number of nitrogens with zero attached hydrogens (tertiary/aromatic N) is 4. The van der Waals surface area contributed by atoms with E-state index in [1.54, 1.807) is 4.68 Å². The standard InChI is InChI=1S/C15H19N5O/c1-15(2,3)12(16)13-17-14(21-19-13)11-9-7-5-6-8-10(9)20(4)18-11/h5-8,12H,16H2,1-4H3. The Morgan fingerprint density at radius 3 is 2.67 bits per heavy atom. The Bertz CT molecular complexity index is 781. The summed E-state index contributed by atoms with van der Waals surface area (Å²) in [6.07, 6.45) is 0. The number of benzene rings is 1. The molecule has 0 radical (unpaired) electrons. The third-order valence-corrected chi connectivity index (χ3v) is 3.61. The van der Waals surface area contributed by atoms with Gasteiger partial charge < -0.3 is 10.3 Å². The molecule has 3 rings (SSSR count). The lowest BCUT2D eigenvalue weighted by molar-refractivity contribution is 0.303. The first-order chi connectivity index (χ1) is 9.88. The van der Waals surface area contributed by atoms with Gasteiger partial charge in [0.15, 0.2) is 11.5 Å². The summed E-state index contributed by atoms with van der Waals surface area (Å²) in [5.41, 5.74) is 7.75. The highest BCUT2D eigenvalue weighted by Gasteiger charge is 2.28. The fraction of sp³-hybridized carbons (Fsp3) is 0.400. The number of hydrogen-bond donors (Lipinski definition) is 1. The lowest BCUT2D eigenvalue weighted by Crippen LogP contribution is -2.27. The van der Waals surface area contributed by atoms with E-state index in [0.717, 1.165) is 10.9 Å². The van der Waals surface area contributed by atoms with Crippen molar-refractivity contribution in [2.45, 2.75) is 26.8 Å². The van der Waals surface area contributed by atoms with E-state index in [-0.39, 0.29) is 11.5 Å². The molecule has 0 amide bonds. The smallest absolute Gasteiger partial charge is 0.279 e. The Morgan fingerprint density at radius 1 is 1.24 bits per heavy atom. The predicted molar refractivity (Wildman–Crippen MR) is 80.4 cm³/mol. The van der Waals surface area contributed by atoms with E-state index in [2.05, 4.69) is 15.2 Å². The van der Waals surface area contributed by atoms with Crippen molar-refractivity contribution >= 4 is 10.9 Å². The van der Waals surface area contributed by atoms with Crippen molar-refractivity contribution in [2.75, 3.05) is 0 Å². The molecule has 6 heteroatoms. The van der Waals surface area contributed by atoms with Gasteiger partial charge in [0, 0.05) is 12.4 Å². The maximum atomic E-state index is 6.17. The predicted octanol–water partition coefficient (Wildman–Crippen LogP) is 2.67. The van der Waals surface area contributed by atoms with Crippen LogP contribution in [0.4, 0.5) is 0 Å². The second-order valence-corrected chi connectivity index (χ2v) is 6.29. The average Bonchev–Trinajstić information content (AvgIpc) is 3.03. The van der Waals surface area contributed by atoms with E-state index in [1.165, 1.54) is 0 Å². The fourth-order valence-electron chi connectivity index (χ4n) is 2.22. The molecule has 110 valence electrons. The summed E-state index contributed by atoms with van der Waals surface area (Å²) in [5.74, 6) is 0.911. The van der Waals surface area contributed by atoms with E-state index in [9.17, 15) is 0 Å². The molecule has 0 aliphatic rings. The zero-order valence-corrected chi connectivity index (χ0v) is 12.7. The van der Waals surface area contributed by atoms with Gasteiger partial charge >= 0.3 is 0 Å². The molecule has 2 aromatic heterocycles. The minimum atomic E-state index is -0.287. The third kappa shape index (κ3) is 2.31. The van der Waals surface area contributed by atoms with Crippen LogP contribution in [0.2, 0.25) is 0 Å². The summed E-state index contributed by atoms with van der Waals surface area (Å²) in [6, 6.07) is 7.65. The Balaban J connectivity index is 2.07. The van der Waals surface area contributed by atoms with Crippen LogP contribution in [0, 0.1) is 5.41 Å². The Hall–Kier alpha value is -2.21. The minimum absolute atomic E-state index is 0.132. The summed E-state index contributed by atoms with van der Waals surface area (Å²) in [7, 11) is 1.89. The minimum Gasteiger partial charge on any atom is -0.332 e. The van der Waals surface area contributed by atoms with Crippen LogP contribution in [0.1, 0.15) is 32.6 Å². The van der Waals surface area contributed by atoms with Crippen molar-refractivity contribution in [3.8, 4) is 11.6 Å². The van der Waals surface area contributed by atoms with Crippen LogP contribution in [0.25, 0.3) is 22.5 Å². The quantitative estimate of drug-likeness (QED) is 0.782. The van der Waals surface area contributed by atoms with E-state index < -0.39 is 0 Å². The van der Waals surface area contributed by atoms with Gasteiger partial charge in [-0.1, -0.05) is 44.1 Å². The van der Waals surface area contributed by atoms with Gasteiger partial charge in [-0.3, -0.25) is 4.68 Å². The van der Waals surface area contributed by atoms with Gasteiger partial charge in [-0.25, -0.2) is 0 Å². The van der Waals surface area contributed by atoms with E-state index >= 15 is 0 Å². The van der Waals surface area contributed by atoms with Crippen LogP contribution < -0.4 is 5.73 Å². The van der Waals surface area contributed by atoms with Crippen LogP contribution >= 0.6 is 0 Å². The van der Waals surface area contributed by atoms with Crippen LogP contribution in [-0.2, 0) is 7.05 Å². The van der Waals surface area contributed by atoms with E-state index in [0.29, 0.717) is 17.4 Å². The lowest BCUT2D eigenvalue weighted by Gasteiger charge is -2.23. The summed E-state index contributed by atoms with van der Waals surface area (Å²) < 4.78 is 7.18. The Kier molecular flexibility index (Phi) is 3.06. The van der Waals surface area contributed by atoms with Crippen molar-refractivity contribution < 1.29 is 4.52 Å². The molecule has 6 nitrogen and oxygen atoms in total. The van der Waals surface area contributed by atoms with Gasteiger partial charge in [-0.15, -0.1) is 0 Å². The molecule has 0 spiro atoms. The van der Waals surface area contributed by atoms with Crippen LogP contribution in [-0.4, -0.2) is 19.9 Å². The van der Waals surface area contributed by atoms with Crippen molar-refractivity contribution in [3.63, 3.8) is 0 Å². The zero-order chi connectivity index (χ0) is 15.2. The first-order valence-electron chi connectivity index (χ1n) is 6.89. The first kappa shape index (κ1) is 13.8. The normalized spacial score (nSPS) is 13.8. The van der Waals surface area contributed by atoms with Gasteiger partial charge in [-0.2, -0.15) is 10.1 Å². The number of rotatable bonds is 2. The average molecular weight is 285 g/mol. The van der Waals surface area contributed by atoms with Gasteiger partial charge in [0.1, 0.15) is 0 Å². The number of aromatic nitrogens is 4. The summed E-state index contributed by atoms with van der Waals surface area (Å²) in [6.45, 7) is 6.14. The summed E-state index contributed by atoms with van der Waals surface area (Å²) >= 11 is 0. The number of hydrogen-bond acceptors (Lipinski definition) is 5. The molecule has 0 aliphatic carbocycles. The van der Waals surface area contributed by atoms with Crippen LogP contribution in [0.15, 0.2) is 28.8 Å². The van der Waals surface area contributed by atoms with Crippen molar-refractivity contribution in [3.05, 3.63) is 30.1 Å². The molecule has 3 aromatic rings. The van der Waals surface area contributed by atoms with E-state index in [4.69, 9.17) is 10.3 Å². The molecular formula is C15H19N5O. The van der Waals surface area contributed by atoms with E-state index in [1.807, 2.05) is 52.1 Å². The number of aryl methyl sites for hydroxylation is 1. The van der Waals surface area contributed by atoms with Crippen LogP contribution in [0.5, 0.6) is 0 Å². The fourth-order valence-corrected chi connectivity index (χ4v) is 2.22. The molecule has 1 unspecified atom stereocenters. The summed E-state index contributed by atoms with van der Waals surface area (Å²) in [5, 5.41) is 9.47. The SMILES string of the molecule is Cn1nc(-c2nc(C(N)C(C)(C)C)no2)c2ccccc21. The molecule has 21 heavy (non-hydrogen) atoms.